The van der Waals surface area contributed by atoms with Gasteiger partial charge in [-0.15, -0.1) is 0 Å². The van der Waals surface area contributed by atoms with E-state index in [0.717, 1.165) is 12.8 Å². The molecule has 5 radical (unpaired) electrons. The number of hydrogen-bond acceptors (Lipinski definition) is 1. The summed E-state index contributed by atoms with van der Waals surface area (Å²) in [6.45, 7) is 9.02. The Kier molecular flexibility index (Phi) is 9.94. The summed E-state index contributed by atoms with van der Waals surface area (Å²) in [6, 6.07) is 0. The Hall–Kier alpha value is 1.25. The molecule has 91 valence electrons. The van der Waals surface area contributed by atoms with Crippen molar-refractivity contribution in [1.29, 1.82) is 0 Å². The SMILES string of the molecule is C[C]1[C](C)[C](C)[C](CCCO)[C]1C.[Cl][Ti][Cl]. The first-order valence-electron chi connectivity index (χ1n) is 5.30. The van der Waals surface area contributed by atoms with Gasteiger partial charge >= 0.3 is 35.6 Å². The molecule has 0 bridgehead atoms. The number of hydrogen-bond donors (Lipinski definition) is 1. The molecular weight excluding hydrogens is 279 g/mol. The third-order valence-electron chi connectivity index (χ3n) is 3.18. The number of halogens is 2. The Morgan fingerprint density at radius 2 is 1.31 bits per heavy atom. The van der Waals surface area contributed by atoms with Gasteiger partial charge in [-0.1, -0.05) is 27.7 Å². The average Bonchev–Trinajstić information content (AvgIpc) is 2.43. The number of rotatable bonds is 3. The molecule has 0 saturated heterocycles. The second-order valence-corrected chi connectivity index (χ2v) is 6.46. The zero-order chi connectivity index (χ0) is 12.7. The first-order valence-corrected chi connectivity index (χ1v) is 9.59. The van der Waals surface area contributed by atoms with E-state index in [1.165, 1.54) is 29.6 Å². The summed E-state index contributed by atoms with van der Waals surface area (Å²) < 4.78 is 0. The molecule has 1 saturated carbocycles. The molecular formula is C12H19Cl2OTi. The fourth-order valence-corrected chi connectivity index (χ4v) is 1.93. The molecule has 0 aromatic heterocycles. The van der Waals surface area contributed by atoms with Crippen molar-refractivity contribution >= 4 is 18.6 Å². The van der Waals surface area contributed by atoms with Crippen LogP contribution in [0, 0.1) is 29.6 Å². The van der Waals surface area contributed by atoms with Gasteiger partial charge in [0.05, 0.1) is 0 Å². The summed E-state index contributed by atoms with van der Waals surface area (Å²) in [6.07, 6.45) is 1.90. The Labute approximate surface area is 117 Å². The van der Waals surface area contributed by atoms with Crippen LogP contribution in [0.4, 0.5) is 0 Å². The zero-order valence-corrected chi connectivity index (χ0v) is 13.4. The molecule has 1 rings (SSSR count). The summed E-state index contributed by atoms with van der Waals surface area (Å²) in [4.78, 5) is 0. The summed E-state index contributed by atoms with van der Waals surface area (Å²) >= 11 is -0.556. The standard InChI is InChI=1S/C12H19O.2ClH.Ti/c1-8-9(2)11(4)12(10(8)3)6-5-7-13;;;/h13H,5-7H2,1-4H3;2*1H;/q;;;+2/p-2. The molecule has 0 heterocycles. The fraction of sp³-hybridized carbons (Fsp3) is 0.583. The van der Waals surface area contributed by atoms with E-state index >= 15 is 0 Å². The second kappa shape index (κ2) is 9.22. The summed E-state index contributed by atoms with van der Waals surface area (Å²) in [5.74, 6) is 7.13. The molecule has 1 N–H and O–H groups in total. The van der Waals surface area contributed by atoms with Crippen LogP contribution in [-0.2, 0) is 17.0 Å². The molecule has 0 atom stereocenters. The van der Waals surface area contributed by atoms with Crippen LogP contribution in [0.5, 0.6) is 0 Å². The Morgan fingerprint density at radius 1 is 0.938 bits per heavy atom. The fourth-order valence-electron chi connectivity index (χ4n) is 1.93. The average molecular weight is 298 g/mol. The van der Waals surface area contributed by atoms with Crippen molar-refractivity contribution in [2.24, 2.45) is 0 Å². The predicted molar refractivity (Wildman–Crippen MR) is 66.9 cm³/mol. The minimum atomic E-state index is -0.556. The topological polar surface area (TPSA) is 20.2 Å². The monoisotopic (exact) mass is 297 g/mol. The normalized spacial score (nSPS) is 20.9. The van der Waals surface area contributed by atoms with Crippen LogP contribution in [0.25, 0.3) is 0 Å². The quantitative estimate of drug-likeness (QED) is 0.778. The van der Waals surface area contributed by atoms with Crippen molar-refractivity contribution < 1.29 is 22.1 Å². The summed E-state index contributed by atoms with van der Waals surface area (Å²) in [5.41, 5.74) is 0. The molecule has 1 nitrogen and oxygen atoms in total. The molecule has 0 aromatic rings. The third kappa shape index (κ3) is 4.86. The van der Waals surface area contributed by atoms with E-state index in [4.69, 9.17) is 23.7 Å². The van der Waals surface area contributed by atoms with Gasteiger partial charge in [0.1, 0.15) is 0 Å². The van der Waals surface area contributed by atoms with E-state index in [1.807, 2.05) is 0 Å². The van der Waals surface area contributed by atoms with Gasteiger partial charge in [-0.3, -0.25) is 0 Å². The Balaban J connectivity index is 0.000000673. The predicted octanol–water partition coefficient (Wildman–Crippen LogP) is 4.10. The maximum absolute atomic E-state index is 8.79. The molecule has 1 fully saturated rings. The van der Waals surface area contributed by atoms with Crippen molar-refractivity contribution in [2.75, 3.05) is 6.61 Å². The van der Waals surface area contributed by atoms with E-state index in [2.05, 4.69) is 27.7 Å². The summed E-state index contributed by atoms with van der Waals surface area (Å²) in [5, 5.41) is 8.79. The molecule has 16 heavy (non-hydrogen) atoms. The summed E-state index contributed by atoms with van der Waals surface area (Å²) in [7, 11) is 9.78. The number of aliphatic hydroxyl groups excluding tert-OH is 1. The van der Waals surface area contributed by atoms with Crippen LogP contribution in [0.1, 0.15) is 40.5 Å². The molecule has 1 aliphatic carbocycles. The van der Waals surface area contributed by atoms with E-state index in [-0.39, 0.29) is 0 Å². The van der Waals surface area contributed by atoms with Gasteiger partial charge in [-0.05, 0) is 42.4 Å². The van der Waals surface area contributed by atoms with Gasteiger partial charge in [-0.25, -0.2) is 0 Å². The van der Waals surface area contributed by atoms with E-state index < -0.39 is 17.0 Å². The van der Waals surface area contributed by atoms with Gasteiger partial charge in [-0.2, -0.15) is 0 Å². The van der Waals surface area contributed by atoms with Gasteiger partial charge in [0.2, 0.25) is 0 Å². The van der Waals surface area contributed by atoms with Crippen molar-refractivity contribution in [2.45, 2.75) is 40.5 Å². The van der Waals surface area contributed by atoms with Gasteiger partial charge in [0.25, 0.3) is 0 Å². The van der Waals surface area contributed by atoms with Crippen molar-refractivity contribution in [3.63, 3.8) is 0 Å². The molecule has 0 spiro atoms. The molecule has 1 aliphatic rings. The first kappa shape index (κ1) is 17.3. The van der Waals surface area contributed by atoms with Crippen molar-refractivity contribution in [1.82, 2.24) is 0 Å². The maximum atomic E-state index is 8.79. The van der Waals surface area contributed by atoms with Crippen LogP contribution < -0.4 is 0 Å². The minimum absolute atomic E-state index is 0.294. The molecule has 4 heteroatoms. The second-order valence-electron chi connectivity index (χ2n) is 3.88. The van der Waals surface area contributed by atoms with Crippen LogP contribution in [0.2, 0.25) is 0 Å². The van der Waals surface area contributed by atoms with Crippen LogP contribution in [0.3, 0.4) is 0 Å². The van der Waals surface area contributed by atoms with Crippen molar-refractivity contribution in [3.8, 4) is 0 Å². The van der Waals surface area contributed by atoms with Gasteiger partial charge < -0.3 is 5.11 Å². The molecule has 0 aliphatic heterocycles. The number of aliphatic hydroxyl groups is 1. The molecule has 0 aromatic carbocycles. The van der Waals surface area contributed by atoms with E-state index in [1.54, 1.807) is 0 Å². The molecule has 0 amide bonds. The van der Waals surface area contributed by atoms with Gasteiger partial charge in [0.15, 0.2) is 0 Å². The van der Waals surface area contributed by atoms with Crippen molar-refractivity contribution in [3.05, 3.63) is 29.6 Å². The van der Waals surface area contributed by atoms with Crippen LogP contribution in [-0.4, -0.2) is 11.7 Å². The molecule has 0 unspecified atom stereocenters. The van der Waals surface area contributed by atoms with Gasteiger partial charge in [0, 0.05) is 6.61 Å². The van der Waals surface area contributed by atoms with Crippen LogP contribution >= 0.6 is 18.6 Å². The Morgan fingerprint density at radius 3 is 1.62 bits per heavy atom. The van der Waals surface area contributed by atoms with E-state index in [9.17, 15) is 0 Å². The first-order chi connectivity index (χ1) is 7.51. The third-order valence-corrected chi connectivity index (χ3v) is 3.18. The van der Waals surface area contributed by atoms with Crippen LogP contribution in [0.15, 0.2) is 0 Å². The Bertz CT molecular complexity index is 166. The zero-order valence-electron chi connectivity index (χ0n) is 10.3. The van der Waals surface area contributed by atoms with E-state index in [0.29, 0.717) is 6.61 Å².